The predicted octanol–water partition coefficient (Wildman–Crippen LogP) is 4.72. The Morgan fingerprint density at radius 2 is 1.63 bits per heavy atom. The van der Waals surface area contributed by atoms with Crippen molar-refractivity contribution in [1.29, 1.82) is 0 Å². The van der Waals surface area contributed by atoms with Gasteiger partial charge in [-0.3, -0.25) is 9.59 Å². The number of hydrogen-bond acceptors (Lipinski definition) is 4. The van der Waals surface area contributed by atoms with Crippen LogP contribution in [-0.4, -0.2) is 18.4 Å². The maximum atomic E-state index is 12.4. The fourth-order valence-corrected chi connectivity index (χ4v) is 5.03. The highest BCUT2D eigenvalue weighted by molar-refractivity contribution is 7.17. The van der Waals surface area contributed by atoms with Gasteiger partial charge in [0.2, 0.25) is 0 Å². The van der Waals surface area contributed by atoms with E-state index in [0.29, 0.717) is 16.3 Å². The summed E-state index contributed by atoms with van der Waals surface area (Å²) in [6, 6.07) is 15.9. The molecule has 2 aromatic carbocycles. The van der Waals surface area contributed by atoms with Gasteiger partial charge >= 0.3 is 0 Å². The second-order valence-electron chi connectivity index (χ2n) is 7.51. The van der Waals surface area contributed by atoms with Gasteiger partial charge < -0.3 is 15.8 Å². The second-order valence-corrected chi connectivity index (χ2v) is 8.61. The summed E-state index contributed by atoms with van der Waals surface area (Å²) < 4.78 is 5.63. The first kappa shape index (κ1) is 20.2. The Balaban J connectivity index is 1.39. The molecule has 0 saturated carbocycles. The summed E-state index contributed by atoms with van der Waals surface area (Å²) in [4.78, 5) is 25.5. The number of benzene rings is 2. The fourth-order valence-electron chi connectivity index (χ4n) is 3.72. The van der Waals surface area contributed by atoms with E-state index in [1.165, 1.54) is 16.9 Å². The van der Waals surface area contributed by atoms with Crippen molar-refractivity contribution >= 4 is 28.2 Å². The Hall–Kier alpha value is -3.12. The lowest BCUT2D eigenvalue weighted by atomic mass is 9.95. The molecule has 0 unspecified atom stereocenters. The summed E-state index contributed by atoms with van der Waals surface area (Å²) in [5.74, 6) is -0.183. The van der Waals surface area contributed by atoms with Crippen molar-refractivity contribution in [2.24, 2.45) is 5.73 Å². The van der Waals surface area contributed by atoms with Crippen LogP contribution in [0.2, 0.25) is 0 Å². The van der Waals surface area contributed by atoms with Crippen LogP contribution >= 0.6 is 11.3 Å². The van der Waals surface area contributed by atoms with Crippen LogP contribution in [0.5, 0.6) is 5.75 Å². The minimum absolute atomic E-state index is 0.134. The molecule has 0 radical (unpaired) electrons. The van der Waals surface area contributed by atoms with Gasteiger partial charge in [-0.1, -0.05) is 42.0 Å². The number of ether oxygens (including phenoxy) is 1. The number of amides is 2. The molecule has 0 aliphatic heterocycles. The number of primary amides is 1. The topological polar surface area (TPSA) is 81.4 Å². The second kappa shape index (κ2) is 8.71. The van der Waals surface area contributed by atoms with Crippen LogP contribution in [0.1, 0.15) is 39.2 Å². The molecule has 5 nitrogen and oxygen atoms in total. The largest absolute Gasteiger partial charge is 0.484 e. The van der Waals surface area contributed by atoms with E-state index < -0.39 is 5.91 Å². The molecule has 2 amide bonds. The van der Waals surface area contributed by atoms with Crippen LogP contribution in [0.4, 0.5) is 5.00 Å². The average molecular weight is 421 g/mol. The predicted molar refractivity (Wildman–Crippen MR) is 120 cm³/mol. The molecule has 1 aliphatic rings. The van der Waals surface area contributed by atoms with Crippen LogP contribution < -0.4 is 15.8 Å². The van der Waals surface area contributed by atoms with Gasteiger partial charge in [0, 0.05) is 4.88 Å². The van der Waals surface area contributed by atoms with Crippen molar-refractivity contribution in [3.63, 3.8) is 0 Å². The lowest BCUT2D eigenvalue weighted by molar-refractivity contribution is -0.118. The standard InChI is InChI=1S/C24H24N2O3S/c1-15-6-8-16(9-7-15)17-10-12-18(13-11-17)29-14-21(27)26-24-22(23(25)28)19-4-2-3-5-20(19)30-24/h6-13H,2-5,14H2,1H3,(H2,25,28)(H,26,27). The van der Waals surface area contributed by atoms with E-state index in [-0.39, 0.29) is 12.5 Å². The molecule has 154 valence electrons. The quantitative estimate of drug-likeness (QED) is 0.605. The van der Waals surface area contributed by atoms with Gasteiger partial charge in [0.15, 0.2) is 6.61 Å². The molecule has 0 atom stereocenters. The number of hydrogen-bond donors (Lipinski definition) is 2. The number of aryl methyl sites for hydroxylation is 2. The summed E-state index contributed by atoms with van der Waals surface area (Å²) in [6.45, 7) is 1.92. The van der Waals surface area contributed by atoms with Crippen LogP contribution in [0, 0.1) is 6.92 Å². The molecule has 0 bridgehead atoms. The summed E-state index contributed by atoms with van der Waals surface area (Å²) >= 11 is 1.45. The van der Waals surface area contributed by atoms with Crippen molar-refractivity contribution in [2.75, 3.05) is 11.9 Å². The maximum Gasteiger partial charge on any atom is 0.262 e. The third-order valence-corrected chi connectivity index (χ3v) is 6.49. The van der Waals surface area contributed by atoms with Gasteiger partial charge in [-0.2, -0.15) is 0 Å². The molecule has 4 rings (SSSR count). The van der Waals surface area contributed by atoms with E-state index in [4.69, 9.17) is 10.5 Å². The number of rotatable bonds is 6. The highest BCUT2D eigenvalue weighted by atomic mass is 32.1. The average Bonchev–Trinajstić information content (AvgIpc) is 3.11. The van der Waals surface area contributed by atoms with Crippen LogP contribution in [0.25, 0.3) is 11.1 Å². The molecule has 0 saturated heterocycles. The molecule has 3 aromatic rings. The third-order valence-electron chi connectivity index (χ3n) is 5.28. The lowest BCUT2D eigenvalue weighted by Crippen LogP contribution is -2.22. The van der Waals surface area contributed by atoms with Gasteiger partial charge in [-0.25, -0.2) is 0 Å². The molecule has 0 spiro atoms. The van der Waals surface area contributed by atoms with E-state index >= 15 is 0 Å². The van der Waals surface area contributed by atoms with Crippen LogP contribution in [0.3, 0.4) is 0 Å². The summed E-state index contributed by atoms with van der Waals surface area (Å²) in [7, 11) is 0. The molecule has 1 aliphatic carbocycles. The minimum atomic E-state index is -0.489. The number of carbonyl (C=O) groups is 2. The highest BCUT2D eigenvalue weighted by Gasteiger charge is 2.25. The Bertz CT molecular complexity index is 1070. The molecule has 1 heterocycles. The highest BCUT2D eigenvalue weighted by Crippen LogP contribution is 2.37. The normalized spacial score (nSPS) is 12.8. The minimum Gasteiger partial charge on any atom is -0.484 e. The van der Waals surface area contributed by atoms with Gasteiger partial charge in [-0.15, -0.1) is 11.3 Å². The zero-order chi connectivity index (χ0) is 21.1. The Labute approximate surface area is 179 Å². The molecule has 6 heteroatoms. The van der Waals surface area contributed by atoms with E-state index in [0.717, 1.165) is 47.3 Å². The van der Waals surface area contributed by atoms with Crippen molar-refractivity contribution in [3.05, 3.63) is 70.1 Å². The fraction of sp³-hybridized carbons (Fsp3) is 0.250. The van der Waals surface area contributed by atoms with Crippen molar-refractivity contribution < 1.29 is 14.3 Å². The summed E-state index contributed by atoms with van der Waals surface area (Å²) in [5, 5.41) is 3.36. The van der Waals surface area contributed by atoms with Crippen LogP contribution in [-0.2, 0) is 17.6 Å². The van der Waals surface area contributed by atoms with Gasteiger partial charge in [-0.05, 0) is 61.4 Å². The monoisotopic (exact) mass is 420 g/mol. The number of nitrogens with two attached hydrogens (primary N) is 1. The lowest BCUT2D eigenvalue weighted by Gasteiger charge is -2.11. The number of carbonyl (C=O) groups excluding carboxylic acids is 2. The van der Waals surface area contributed by atoms with Crippen molar-refractivity contribution in [3.8, 4) is 16.9 Å². The number of thiophene rings is 1. The van der Waals surface area contributed by atoms with E-state index in [1.54, 1.807) is 0 Å². The Kier molecular flexibility index (Phi) is 5.86. The maximum absolute atomic E-state index is 12.4. The van der Waals surface area contributed by atoms with Gasteiger partial charge in [0.25, 0.3) is 11.8 Å². The molecule has 3 N–H and O–H groups in total. The molecule has 0 fully saturated rings. The SMILES string of the molecule is Cc1ccc(-c2ccc(OCC(=O)Nc3sc4c(c3C(N)=O)CCCC4)cc2)cc1. The molecular weight excluding hydrogens is 396 g/mol. The number of anilines is 1. The van der Waals surface area contributed by atoms with Crippen molar-refractivity contribution in [2.45, 2.75) is 32.6 Å². The van der Waals surface area contributed by atoms with Gasteiger partial charge in [0.1, 0.15) is 10.8 Å². The third kappa shape index (κ3) is 4.39. The van der Waals surface area contributed by atoms with Gasteiger partial charge in [0.05, 0.1) is 5.56 Å². The first-order valence-corrected chi connectivity index (χ1v) is 10.9. The zero-order valence-corrected chi connectivity index (χ0v) is 17.7. The zero-order valence-electron chi connectivity index (χ0n) is 16.9. The number of fused-ring (bicyclic) bond motifs is 1. The molecule has 1 aromatic heterocycles. The first-order chi connectivity index (χ1) is 14.5. The first-order valence-electron chi connectivity index (χ1n) is 10.1. The molecular formula is C24H24N2O3S. The smallest absolute Gasteiger partial charge is 0.262 e. The van der Waals surface area contributed by atoms with Crippen molar-refractivity contribution in [1.82, 2.24) is 0 Å². The van der Waals surface area contributed by atoms with E-state index in [1.807, 2.05) is 24.3 Å². The van der Waals surface area contributed by atoms with E-state index in [2.05, 4.69) is 36.5 Å². The summed E-state index contributed by atoms with van der Waals surface area (Å²) in [5.41, 5.74) is 10.5. The van der Waals surface area contributed by atoms with Crippen LogP contribution in [0.15, 0.2) is 48.5 Å². The molecule has 30 heavy (non-hydrogen) atoms. The van der Waals surface area contributed by atoms with E-state index in [9.17, 15) is 9.59 Å². The Morgan fingerprint density at radius 1 is 1.00 bits per heavy atom. The number of nitrogens with one attached hydrogen (secondary N) is 1. The Morgan fingerprint density at radius 3 is 2.30 bits per heavy atom. The summed E-state index contributed by atoms with van der Waals surface area (Å²) in [6.07, 6.45) is 3.91.